The number of ether oxygens (including phenoxy) is 2. The maximum absolute atomic E-state index is 13.2. The summed E-state index contributed by atoms with van der Waals surface area (Å²) in [5, 5.41) is 6.35. The molecule has 1 aromatic rings. The molecule has 0 heterocycles. The highest BCUT2D eigenvalue weighted by Crippen LogP contribution is 2.14. The molecule has 1 rings (SSSR count). The van der Waals surface area contributed by atoms with Crippen LogP contribution in [0.1, 0.15) is 20.3 Å². The van der Waals surface area contributed by atoms with Crippen molar-refractivity contribution in [2.75, 3.05) is 33.4 Å². The van der Waals surface area contributed by atoms with Crippen LogP contribution in [0.3, 0.4) is 0 Å². The minimum atomic E-state index is -0.297. The van der Waals surface area contributed by atoms with Gasteiger partial charge in [0, 0.05) is 26.3 Å². The van der Waals surface area contributed by atoms with E-state index in [0.29, 0.717) is 38.0 Å². The first-order valence-corrected chi connectivity index (χ1v) is 7.64. The van der Waals surface area contributed by atoms with Crippen molar-refractivity contribution in [1.82, 2.24) is 10.6 Å². The molecule has 0 aliphatic carbocycles. The van der Waals surface area contributed by atoms with Crippen molar-refractivity contribution < 1.29 is 13.9 Å². The van der Waals surface area contributed by atoms with Gasteiger partial charge in [0.25, 0.3) is 0 Å². The lowest BCUT2D eigenvalue weighted by molar-refractivity contribution is 0.152. The predicted octanol–water partition coefficient (Wildman–Crippen LogP) is 2.18. The zero-order valence-corrected chi connectivity index (χ0v) is 13.6. The first kappa shape index (κ1) is 18.2. The van der Waals surface area contributed by atoms with Crippen LogP contribution in [0.5, 0.6) is 5.75 Å². The van der Waals surface area contributed by atoms with Crippen molar-refractivity contribution in [2.45, 2.75) is 26.4 Å². The van der Waals surface area contributed by atoms with Gasteiger partial charge in [-0.05, 0) is 25.5 Å². The Hall–Kier alpha value is -1.82. The molecule has 2 N–H and O–H groups in total. The molecule has 0 radical (unpaired) electrons. The number of hydrogen-bond donors (Lipinski definition) is 2. The fourth-order valence-corrected chi connectivity index (χ4v) is 1.82. The monoisotopic (exact) mass is 311 g/mol. The predicted molar refractivity (Wildman–Crippen MR) is 87.0 cm³/mol. The van der Waals surface area contributed by atoms with Crippen molar-refractivity contribution in [3.8, 4) is 5.75 Å². The molecule has 0 saturated heterocycles. The number of nitrogens with one attached hydrogen (secondary N) is 2. The van der Waals surface area contributed by atoms with E-state index in [-0.39, 0.29) is 11.9 Å². The van der Waals surface area contributed by atoms with Gasteiger partial charge in [-0.15, -0.1) is 0 Å². The second-order valence-corrected chi connectivity index (χ2v) is 4.68. The first-order valence-electron chi connectivity index (χ1n) is 7.64. The van der Waals surface area contributed by atoms with Gasteiger partial charge < -0.3 is 20.1 Å². The van der Waals surface area contributed by atoms with Crippen LogP contribution in [0, 0.1) is 5.82 Å². The van der Waals surface area contributed by atoms with Gasteiger partial charge in [-0.1, -0.05) is 13.0 Å². The molecule has 0 spiro atoms. The van der Waals surface area contributed by atoms with Gasteiger partial charge in [-0.3, -0.25) is 4.99 Å². The van der Waals surface area contributed by atoms with E-state index < -0.39 is 0 Å². The van der Waals surface area contributed by atoms with Crippen molar-refractivity contribution >= 4 is 5.96 Å². The summed E-state index contributed by atoms with van der Waals surface area (Å²) in [5.74, 6) is 0.933. The van der Waals surface area contributed by atoms with Gasteiger partial charge >= 0.3 is 0 Å². The summed E-state index contributed by atoms with van der Waals surface area (Å²) in [6.07, 6.45) is 0.742. The molecule has 124 valence electrons. The number of benzene rings is 1. The lowest BCUT2D eigenvalue weighted by Gasteiger charge is -2.20. The van der Waals surface area contributed by atoms with Crippen molar-refractivity contribution in [3.63, 3.8) is 0 Å². The fraction of sp³-hybridized carbons (Fsp3) is 0.562. The summed E-state index contributed by atoms with van der Waals surface area (Å²) in [6, 6.07) is 6.17. The Labute approximate surface area is 131 Å². The Kier molecular flexibility index (Phi) is 8.98. The highest BCUT2D eigenvalue weighted by molar-refractivity contribution is 5.79. The van der Waals surface area contributed by atoms with Gasteiger partial charge in [-0.2, -0.15) is 0 Å². The van der Waals surface area contributed by atoms with Crippen molar-refractivity contribution in [1.29, 1.82) is 0 Å². The van der Waals surface area contributed by atoms with Gasteiger partial charge in [0.2, 0.25) is 0 Å². The van der Waals surface area contributed by atoms with E-state index in [1.165, 1.54) is 12.1 Å². The number of hydrogen-bond acceptors (Lipinski definition) is 3. The Morgan fingerprint density at radius 2 is 2.14 bits per heavy atom. The highest BCUT2D eigenvalue weighted by atomic mass is 19.1. The number of rotatable bonds is 9. The molecule has 0 bridgehead atoms. The maximum Gasteiger partial charge on any atom is 0.191 e. The van der Waals surface area contributed by atoms with Gasteiger partial charge in [-0.25, -0.2) is 4.39 Å². The average Bonchev–Trinajstić information content (AvgIpc) is 2.53. The summed E-state index contributed by atoms with van der Waals surface area (Å²) >= 11 is 0. The smallest absolute Gasteiger partial charge is 0.191 e. The molecule has 6 heteroatoms. The summed E-state index contributed by atoms with van der Waals surface area (Å²) in [5.41, 5.74) is 0. The van der Waals surface area contributed by atoms with Crippen LogP contribution in [-0.2, 0) is 4.74 Å². The van der Waals surface area contributed by atoms with E-state index in [4.69, 9.17) is 9.47 Å². The molecule has 0 aliphatic heterocycles. The molecule has 1 atom stereocenters. The molecule has 0 saturated carbocycles. The van der Waals surface area contributed by atoms with Crippen molar-refractivity contribution in [2.24, 2.45) is 4.99 Å². The second-order valence-electron chi connectivity index (χ2n) is 4.68. The number of aliphatic imine (C=N–C) groups is 1. The number of guanidine groups is 1. The molecular weight excluding hydrogens is 285 g/mol. The third kappa shape index (κ3) is 7.26. The lowest BCUT2D eigenvalue weighted by Crippen LogP contribution is -2.43. The standard InChI is InChI=1S/C16H26FN3O2/c1-4-14(22-15-8-6-7-13(17)11-15)12-20-16(18-3)19-9-10-21-5-2/h6-8,11,14H,4-5,9-10,12H2,1-3H3,(H2,18,19,20). The Morgan fingerprint density at radius 1 is 1.32 bits per heavy atom. The number of halogens is 1. The van der Waals surface area contributed by atoms with Crippen LogP contribution < -0.4 is 15.4 Å². The molecular formula is C16H26FN3O2. The van der Waals surface area contributed by atoms with E-state index in [1.807, 2.05) is 13.8 Å². The zero-order chi connectivity index (χ0) is 16.2. The minimum absolute atomic E-state index is 0.0627. The largest absolute Gasteiger partial charge is 0.489 e. The zero-order valence-electron chi connectivity index (χ0n) is 13.6. The Bertz CT molecular complexity index is 455. The molecule has 5 nitrogen and oxygen atoms in total. The van der Waals surface area contributed by atoms with Gasteiger partial charge in [0.1, 0.15) is 17.7 Å². The fourth-order valence-electron chi connectivity index (χ4n) is 1.82. The van der Waals surface area contributed by atoms with Crippen LogP contribution >= 0.6 is 0 Å². The summed E-state index contributed by atoms with van der Waals surface area (Å²) in [6.45, 7) is 6.59. The average molecular weight is 311 g/mol. The van der Waals surface area contributed by atoms with E-state index in [2.05, 4.69) is 15.6 Å². The molecule has 1 unspecified atom stereocenters. The maximum atomic E-state index is 13.2. The second kappa shape index (κ2) is 10.8. The van der Waals surface area contributed by atoms with Crippen LogP contribution in [0.2, 0.25) is 0 Å². The molecule has 0 amide bonds. The number of nitrogens with zero attached hydrogens (tertiary/aromatic N) is 1. The molecule has 0 aromatic heterocycles. The topological polar surface area (TPSA) is 54.9 Å². The van der Waals surface area contributed by atoms with E-state index in [1.54, 1.807) is 19.2 Å². The Morgan fingerprint density at radius 3 is 2.77 bits per heavy atom. The van der Waals surface area contributed by atoms with Crippen LogP contribution in [0.25, 0.3) is 0 Å². The third-order valence-electron chi connectivity index (χ3n) is 3.02. The molecule has 0 fully saturated rings. The lowest BCUT2D eigenvalue weighted by atomic mass is 10.2. The van der Waals surface area contributed by atoms with Gasteiger partial charge in [0.15, 0.2) is 5.96 Å². The van der Waals surface area contributed by atoms with Crippen LogP contribution in [0.4, 0.5) is 4.39 Å². The minimum Gasteiger partial charge on any atom is -0.489 e. The summed E-state index contributed by atoms with van der Waals surface area (Å²) < 4.78 is 24.2. The van der Waals surface area contributed by atoms with E-state index >= 15 is 0 Å². The molecule has 0 aliphatic rings. The first-order chi connectivity index (χ1) is 10.7. The van der Waals surface area contributed by atoms with E-state index in [9.17, 15) is 4.39 Å². The SMILES string of the molecule is CCOCCNC(=NC)NCC(CC)Oc1cccc(F)c1. The van der Waals surface area contributed by atoms with Crippen molar-refractivity contribution in [3.05, 3.63) is 30.1 Å². The molecule has 1 aromatic carbocycles. The van der Waals surface area contributed by atoms with Crippen LogP contribution in [0.15, 0.2) is 29.3 Å². The van der Waals surface area contributed by atoms with Crippen LogP contribution in [-0.4, -0.2) is 45.4 Å². The normalized spacial score (nSPS) is 12.8. The Balaban J connectivity index is 2.38. The molecule has 22 heavy (non-hydrogen) atoms. The third-order valence-corrected chi connectivity index (χ3v) is 3.02. The van der Waals surface area contributed by atoms with E-state index in [0.717, 1.165) is 6.42 Å². The highest BCUT2D eigenvalue weighted by Gasteiger charge is 2.09. The van der Waals surface area contributed by atoms with Gasteiger partial charge in [0.05, 0.1) is 13.2 Å². The summed E-state index contributed by atoms with van der Waals surface area (Å²) in [4.78, 5) is 4.14. The summed E-state index contributed by atoms with van der Waals surface area (Å²) in [7, 11) is 1.71. The quantitative estimate of drug-likeness (QED) is 0.417.